The summed E-state index contributed by atoms with van der Waals surface area (Å²) in [5.41, 5.74) is 5.08. The van der Waals surface area contributed by atoms with Crippen molar-refractivity contribution in [3.63, 3.8) is 0 Å². The summed E-state index contributed by atoms with van der Waals surface area (Å²) in [7, 11) is 1.05. The van der Waals surface area contributed by atoms with Crippen LogP contribution in [0.3, 0.4) is 0 Å². The first kappa shape index (κ1) is 15.0. The second kappa shape index (κ2) is 5.69. The molecule has 1 aromatic heterocycles. The van der Waals surface area contributed by atoms with Gasteiger partial charge in [-0.25, -0.2) is 9.78 Å². The molecule has 2 N–H and O–H groups in total. The van der Waals surface area contributed by atoms with Crippen LogP contribution < -0.4 is 10.5 Å². The first-order chi connectivity index (χ1) is 8.28. The van der Waals surface area contributed by atoms with Crippen molar-refractivity contribution < 1.29 is 27.4 Å². The normalized spacial score (nSPS) is 11.2. The van der Waals surface area contributed by atoms with Crippen molar-refractivity contribution in [2.45, 2.75) is 12.9 Å². The minimum Gasteiger partial charge on any atom is -0.465 e. The summed E-state index contributed by atoms with van der Waals surface area (Å²) >= 11 is 1.68. The molecule has 0 aromatic carbocycles. The van der Waals surface area contributed by atoms with Gasteiger partial charge in [0.1, 0.15) is 5.56 Å². The quantitative estimate of drug-likeness (QED) is 0.644. The molecule has 0 aliphatic heterocycles. The second-order valence-corrected chi connectivity index (χ2v) is 4.18. The molecule has 0 unspecified atom stereocenters. The van der Waals surface area contributed by atoms with Crippen LogP contribution in [-0.4, -0.2) is 24.4 Å². The predicted octanol–water partition coefficient (Wildman–Crippen LogP) is 1.83. The molecule has 0 fully saturated rings. The summed E-state index contributed by atoms with van der Waals surface area (Å²) < 4.78 is 44.9. The average molecular weight is 376 g/mol. The van der Waals surface area contributed by atoms with Crippen molar-refractivity contribution in [3.8, 4) is 5.88 Å². The number of pyridine rings is 1. The van der Waals surface area contributed by atoms with E-state index in [-0.39, 0.29) is 21.4 Å². The number of carbonyl (C=O) groups is 1. The molecule has 0 aliphatic rings. The van der Waals surface area contributed by atoms with E-state index in [1.807, 2.05) is 0 Å². The van der Waals surface area contributed by atoms with E-state index in [2.05, 4.69) is 14.5 Å². The van der Waals surface area contributed by atoms with Crippen LogP contribution in [0.4, 0.5) is 13.2 Å². The minimum absolute atomic E-state index is 0.0777. The topological polar surface area (TPSA) is 74.4 Å². The smallest absolute Gasteiger partial charge is 0.465 e. The number of esters is 1. The van der Waals surface area contributed by atoms with Crippen LogP contribution in [0.1, 0.15) is 16.1 Å². The van der Waals surface area contributed by atoms with Gasteiger partial charge in [-0.1, -0.05) is 0 Å². The molecule has 1 heterocycles. The van der Waals surface area contributed by atoms with Crippen molar-refractivity contribution >= 4 is 28.6 Å². The van der Waals surface area contributed by atoms with E-state index < -0.39 is 18.2 Å². The van der Waals surface area contributed by atoms with Crippen LogP contribution >= 0.6 is 22.6 Å². The lowest BCUT2D eigenvalue weighted by Gasteiger charge is -2.13. The van der Waals surface area contributed by atoms with Gasteiger partial charge in [-0.3, -0.25) is 0 Å². The maximum atomic E-state index is 12.2. The fourth-order valence-corrected chi connectivity index (χ4v) is 1.92. The summed E-state index contributed by atoms with van der Waals surface area (Å²) in [6.07, 6.45) is -4.95. The Kier molecular flexibility index (Phi) is 4.73. The molecule has 0 radical (unpaired) electrons. The lowest BCUT2D eigenvalue weighted by atomic mass is 10.2. The zero-order chi connectivity index (χ0) is 13.9. The van der Waals surface area contributed by atoms with Gasteiger partial charge in [0.25, 0.3) is 0 Å². The fourth-order valence-electron chi connectivity index (χ4n) is 1.11. The molecule has 0 bridgehead atoms. The van der Waals surface area contributed by atoms with Gasteiger partial charge >= 0.3 is 12.3 Å². The Balaban J connectivity index is 3.34. The number of hydrogen-bond acceptors (Lipinski definition) is 5. The standard InChI is InChI=1S/C9H8F3IN2O3/c1-17-8(16)6-5(13)2-4(3-14)15-7(6)18-9(10,11)12/h2H,3,14H2,1H3. The Morgan fingerprint density at radius 3 is 2.61 bits per heavy atom. The van der Waals surface area contributed by atoms with Gasteiger partial charge in [-0.05, 0) is 28.7 Å². The maximum Gasteiger partial charge on any atom is 0.574 e. The molecular formula is C9H8F3IN2O3. The van der Waals surface area contributed by atoms with Crippen molar-refractivity contribution in [3.05, 3.63) is 20.9 Å². The Morgan fingerprint density at radius 1 is 1.56 bits per heavy atom. The van der Waals surface area contributed by atoms with Crippen LogP contribution in [-0.2, 0) is 11.3 Å². The molecule has 18 heavy (non-hydrogen) atoms. The van der Waals surface area contributed by atoms with E-state index in [0.717, 1.165) is 7.11 Å². The van der Waals surface area contributed by atoms with Crippen molar-refractivity contribution in [2.75, 3.05) is 7.11 Å². The van der Waals surface area contributed by atoms with E-state index >= 15 is 0 Å². The highest BCUT2D eigenvalue weighted by Crippen LogP contribution is 2.28. The van der Waals surface area contributed by atoms with E-state index in [4.69, 9.17) is 5.73 Å². The molecule has 100 valence electrons. The van der Waals surface area contributed by atoms with Crippen LogP contribution in [0, 0.1) is 3.57 Å². The van der Waals surface area contributed by atoms with Crippen LogP contribution in [0.2, 0.25) is 0 Å². The highest BCUT2D eigenvalue weighted by molar-refractivity contribution is 14.1. The number of halogens is 4. The van der Waals surface area contributed by atoms with E-state index in [9.17, 15) is 18.0 Å². The predicted molar refractivity (Wildman–Crippen MR) is 62.9 cm³/mol. The third-order valence-electron chi connectivity index (χ3n) is 1.80. The fraction of sp³-hybridized carbons (Fsp3) is 0.333. The molecule has 5 nitrogen and oxygen atoms in total. The summed E-state index contributed by atoms with van der Waals surface area (Å²) in [6, 6.07) is 1.38. The Hall–Kier alpha value is -1.10. The summed E-state index contributed by atoms with van der Waals surface area (Å²) in [6.45, 7) is -0.0777. The van der Waals surface area contributed by atoms with Gasteiger partial charge in [0.05, 0.1) is 12.8 Å². The molecule has 0 saturated carbocycles. The van der Waals surface area contributed by atoms with Gasteiger partial charge in [0.2, 0.25) is 5.88 Å². The number of ether oxygens (including phenoxy) is 2. The lowest BCUT2D eigenvalue weighted by Crippen LogP contribution is -2.22. The number of rotatable bonds is 3. The van der Waals surface area contributed by atoms with E-state index in [1.54, 1.807) is 22.6 Å². The Bertz CT molecular complexity index is 465. The van der Waals surface area contributed by atoms with Crippen molar-refractivity contribution in [2.24, 2.45) is 5.73 Å². The molecule has 0 amide bonds. The second-order valence-electron chi connectivity index (χ2n) is 3.02. The van der Waals surface area contributed by atoms with Crippen molar-refractivity contribution in [1.29, 1.82) is 0 Å². The van der Waals surface area contributed by atoms with Gasteiger partial charge < -0.3 is 15.2 Å². The number of methoxy groups -OCH3 is 1. The highest BCUT2D eigenvalue weighted by atomic mass is 127. The summed E-state index contributed by atoms with van der Waals surface area (Å²) in [4.78, 5) is 14.9. The zero-order valence-electron chi connectivity index (χ0n) is 9.05. The molecule has 1 aromatic rings. The van der Waals surface area contributed by atoms with Gasteiger partial charge in [-0.15, -0.1) is 13.2 Å². The third-order valence-corrected chi connectivity index (χ3v) is 2.65. The summed E-state index contributed by atoms with van der Waals surface area (Å²) in [5.74, 6) is -1.82. The molecule has 0 saturated heterocycles. The highest BCUT2D eigenvalue weighted by Gasteiger charge is 2.35. The molecule has 0 atom stereocenters. The maximum absolute atomic E-state index is 12.2. The minimum atomic E-state index is -4.95. The molecule has 9 heteroatoms. The van der Waals surface area contributed by atoms with Crippen LogP contribution in [0.25, 0.3) is 0 Å². The number of alkyl halides is 3. The Labute approximate surface area is 114 Å². The monoisotopic (exact) mass is 376 g/mol. The van der Waals surface area contributed by atoms with Crippen LogP contribution in [0.15, 0.2) is 6.07 Å². The van der Waals surface area contributed by atoms with Crippen LogP contribution in [0.5, 0.6) is 5.88 Å². The van der Waals surface area contributed by atoms with E-state index in [0.29, 0.717) is 0 Å². The first-order valence-corrected chi connectivity index (χ1v) is 5.60. The Morgan fingerprint density at radius 2 is 2.17 bits per heavy atom. The van der Waals surface area contributed by atoms with Crippen molar-refractivity contribution in [1.82, 2.24) is 4.98 Å². The number of carbonyl (C=O) groups excluding carboxylic acids is 1. The zero-order valence-corrected chi connectivity index (χ0v) is 11.2. The molecular weight excluding hydrogens is 368 g/mol. The average Bonchev–Trinajstić information content (AvgIpc) is 2.25. The largest absolute Gasteiger partial charge is 0.574 e. The SMILES string of the molecule is COC(=O)c1c(I)cc(CN)nc1OC(F)(F)F. The molecule has 0 spiro atoms. The number of hydrogen-bond donors (Lipinski definition) is 1. The third kappa shape index (κ3) is 3.70. The number of nitrogens with zero attached hydrogens (tertiary/aromatic N) is 1. The number of nitrogens with two attached hydrogens (primary N) is 1. The number of aromatic nitrogens is 1. The van der Waals surface area contributed by atoms with Gasteiger partial charge in [0.15, 0.2) is 0 Å². The first-order valence-electron chi connectivity index (χ1n) is 4.52. The molecule has 1 rings (SSSR count). The van der Waals surface area contributed by atoms with E-state index in [1.165, 1.54) is 6.07 Å². The van der Waals surface area contributed by atoms with Gasteiger partial charge in [0, 0.05) is 10.1 Å². The summed E-state index contributed by atoms with van der Waals surface area (Å²) in [5, 5.41) is 0. The lowest BCUT2D eigenvalue weighted by molar-refractivity contribution is -0.276. The van der Waals surface area contributed by atoms with Gasteiger partial charge in [-0.2, -0.15) is 0 Å². The molecule has 0 aliphatic carbocycles.